The average Bonchev–Trinajstić information content (AvgIpc) is 2.57. The van der Waals surface area contributed by atoms with E-state index < -0.39 is 0 Å². The van der Waals surface area contributed by atoms with Gasteiger partial charge < -0.3 is 15.4 Å². The third-order valence-electron chi connectivity index (χ3n) is 3.05. The highest BCUT2D eigenvalue weighted by Crippen LogP contribution is 2.25. The molecule has 0 fully saturated rings. The van der Waals surface area contributed by atoms with E-state index in [9.17, 15) is 9.59 Å². The van der Waals surface area contributed by atoms with Gasteiger partial charge in [-0.3, -0.25) is 4.79 Å². The molecule has 0 unspecified atom stereocenters. The highest BCUT2D eigenvalue weighted by molar-refractivity contribution is 6.35. The molecule has 7 heteroatoms. The second-order valence-electron chi connectivity index (χ2n) is 4.82. The molecule has 0 aromatic heterocycles. The van der Waals surface area contributed by atoms with E-state index in [1.165, 1.54) is 0 Å². The Kier molecular flexibility index (Phi) is 6.46. The van der Waals surface area contributed by atoms with Crippen LogP contribution >= 0.6 is 23.2 Å². The molecule has 0 bridgehead atoms. The van der Waals surface area contributed by atoms with Gasteiger partial charge in [-0.1, -0.05) is 23.2 Å². The molecule has 126 valence electrons. The molecule has 0 saturated carbocycles. The number of carbonyl (C=O) groups excluding carboxylic acids is 2. The highest BCUT2D eigenvalue weighted by Gasteiger charge is 2.08. The van der Waals surface area contributed by atoms with Crippen molar-refractivity contribution >= 4 is 46.5 Å². The number of ether oxygens (including phenoxy) is 1. The largest absolute Gasteiger partial charge is 0.462 e. The number of hydrogen-bond donors (Lipinski definition) is 2. The Balaban J connectivity index is 1.89. The lowest BCUT2D eigenvalue weighted by molar-refractivity contribution is -0.114. The molecule has 0 atom stereocenters. The topological polar surface area (TPSA) is 67.4 Å². The second kappa shape index (κ2) is 8.57. The minimum atomic E-state index is -0.377. The minimum Gasteiger partial charge on any atom is -0.462 e. The van der Waals surface area contributed by atoms with Gasteiger partial charge in [0, 0.05) is 10.7 Å². The van der Waals surface area contributed by atoms with Crippen molar-refractivity contribution in [1.29, 1.82) is 0 Å². The summed E-state index contributed by atoms with van der Waals surface area (Å²) in [4.78, 5) is 23.5. The number of carbonyl (C=O) groups is 2. The Labute approximate surface area is 149 Å². The summed E-state index contributed by atoms with van der Waals surface area (Å²) in [6.07, 6.45) is 0. The zero-order valence-electron chi connectivity index (χ0n) is 12.9. The summed E-state index contributed by atoms with van der Waals surface area (Å²) in [5.41, 5.74) is 1.61. The zero-order valence-corrected chi connectivity index (χ0v) is 14.4. The van der Waals surface area contributed by atoms with Gasteiger partial charge in [0.15, 0.2) is 0 Å². The maximum atomic E-state index is 12.0. The lowest BCUT2D eigenvalue weighted by atomic mass is 10.2. The number of nitrogens with one attached hydrogen (secondary N) is 2. The number of halogens is 2. The van der Waals surface area contributed by atoms with Crippen LogP contribution in [0.15, 0.2) is 42.5 Å². The summed E-state index contributed by atoms with van der Waals surface area (Å²) in [7, 11) is 0. The molecular weight excluding hydrogens is 351 g/mol. The number of benzene rings is 2. The first-order valence-corrected chi connectivity index (χ1v) is 8.01. The van der Waals surface area contributed by atoms with Crippen LogP contribution in [0.5, 0.6) is 0 Å². The van der Waals surface area contributed by atoms with Crippen LogP contribution in [0.4, 0.5) is 11.4 Å². The van der Waals surface area contributed by atoms with Crippen molar-refractivity contribution < 1.29 is 14.3 Å². The first kappa shape index (κ1) is 18.1. The Morgan fingerprint density at radius 1 is 1.08 bits per heavy atom. The van der Waals surface area contributed by atoms with E-state index in [0.717, 1.165) is 0 Å². The maximum absolute atomic E-state index is 12.0. The van der Waals surface area contributed by atoms with Gasteiger partial charge in [-0.05, 0) is 49.4 Å². The monoisotopic (exact) mass is 366 g/mol. The summed E-state index contributed by atoms with van der Waals surface area (Å²) >= 11 is 11.9. The SMILES string of the molecule is CCOC(=O)c1ccc(NCC(=O)Nc2cc(Cl)ccc2Cl)cc1. The molecule has 2 aromatic rings. The van der Waals surface area contributed by atoms with E-state index >= 15 is 0 Å². The van der Waals surface area contributed by atoms with E-state index in [4.69, 9.17) is 27.9 Å². The van der Waals surface area contributed by atoms with E-state index in [-0.39, 0.29) is 18.4 Å². The van der Waals surface area contributed by atoms with E-state index in [2.05, 4.69) is 10.6 Å². The van der Waals surface area contributed by atoms with E-state index in [0.29, 0.717) is 33.6 Å². The summed E-state index contributed by atoms with van der Waals surface area (Å²) in [5, 5.41) is 6.52. The van der Waals surface area contributed by atoms with Crippen LogP contribution in [0.3, 0.4) is 0 Å². The molecule has 0 aliphatic rings. The predicted molar refractivity (Wildman–Crippen MR) is 96.0 cm³/mol. The molecule has 0 aliphatic carbocycles. The maximum Gasteiger partial charge on any atom is 0.338 e. The van der Waals surface area contributed by atoms with Crippen molar-refractivity contribution in [3.8, 4) is 0 Å². The number of hydrogen-bond acceptors (Lipinski definition) is 4. The molecule has 2 N–H and O–H groups in total. The summed E-state index contributed by atoms with van der Waals surface area (Å²) in [6, 6.07) is 11.5. The Bertz CT molecular complexity index is 733. The fourth-order valence-electron chi connectivity index (χ4n) is 1.91. The van der Waals surface area contributed by atoms with Crippen molar-refractivity contribution in [2.24, 2.45) is 0 Å². The molecule has 0 spiro atoms. The molecule has 0 radical (unpaired) electrons. The van der Waals surface area contributed by atoms with Crippen molar-refractivity contribution in [3.05, 3.63) is 58.1 Å². The third kappa shape index (κ3) is 5.15. The Morgan fingerprint density at radius 3 is 2.46 bits per heavy atom. The van der Waals surface area contributed by atoms with Gasteiger partial charge in [-0.25, -0.2) is 4.79 Å². The summed E-state index contributed by atoms with van der Waals surface area (Å²) in [5.74, 6) is -0.647. The van der Waals surface area contributed by atoms with E-state index in [1.807, 2.05) is 0 Å². The highest BCUT2D eigenvalue weighted by atomic mass is 35.5. The Hall–Kier alpha value is -2.24. The minimum absolute atomic E-state index is 0.0432. The second-order valence-corrected chi connectivity index (χ2v) is 5.67. The molecular formula is C17H16Cl2N2O3. The van der Waals surface area contributed by atoms with Crippen molar-refractivity contribution in [1.82, 2.24) is 0 Å². The molecule has 1 amide bonds. The quantitative estimate of drug-likeness (QED) is 0.751. The normalized spacial score (nSPS) is 10.1. The summed E-state index contributed by atoms with van der Waals surface area (Å²) < 4.78 is 4.91. The number of esters is 1. The van der Waals surface area contributed by atoms with Crippen LogP contribution in [0.2, 0.25) is 10.0 Å². The molecule has 0 saturated heterocycles. The van der Waals surface area contributed by atoms with Crippen LogP contribution in [0.1, 0.15) is 17.3 Å². The standard InChI is InChI=1S/C17H16Cl2N2O3/c1-2-24-17(23)11-3-6-13(7-4-11)20-10-16(22)21-15-9-12(18)5-8-14(15)19/h3-9,20H,2,10H2,1H3,(H,21,22). The smallest absolute Gasteiger partial charge is 0.338 e. The molecule has 2 aromatic carbocycles. The third-order valence-corrected chi connectivity index (χ3v) is 3.62. The molecule has 0 aliphatic heterocycles. The predicted octanol–water partition coefficient (Wildman–Crippen LogP) is 4.22. The average molecular weight is 367 g/mol. The molecule has 0 heterocycles. The van der Waals surface area contributed by atoms with Gasteiger partial charge in [0.25, 0.3) is 0 Å². The lowest BCUT2D eigenvalue weighted by Crippen LogP contribution is -2.22. The van der Waals surface area contributed by atoms with Crippen LogP contribution < -0.4 is 10.6 Å². The molecule has 2 rings (SSSR count). The van der Waals surface area contributed by atoms with Crippen LogP contribution in [0.25, 0.3) is 0 Å². The number of amides is 1. The van der Waals surface area contributed by atoms with Crippen molar-refractivity contribution in [2.75, 3.05) is 23.8 Å². The van der Waals surface area contributed by atoms with Crippen LogP contribution in [-0.4, -0.2) is 25.0 Å². The molecule has 5 nitrogen and oxygen atoms in total. The van der Waals surface area contributed by atoms with Gasteiger partial charge in [-0.15, -0.1) is 0 Å². The fraction of sp³-hybridized carbons (Fsp3) is 0.176. The summed E-state index contributed by atoms with van der Waals surface area (Å²) in [6.45, 7) is 2.12. The Morgan fingerprint density at radius 2 is 1.79 bits per heavy atom. The van der Waals surface area contributed by atoms with Gasteiger partial charge in [0.1, 0.15) is 0 Å². The van der Waals surface area contributed by atoms with E-state index in [1.54, 1.807) is 49.4 Å². The number of rotatable bonds is 6. The lowest BCUT2D eigenvalue weighted by Gasteiger charge is -2.10. The van der Waals surface area contributed by atoms with Gasteiger partial charge in [-0.2, -0.15) is 0 Å². The van der Waals surface area contributed by atoms with Gasteiger partial charge >= 0.3 is 5.97 Å². The number of anilines is 2. The first-order valence-electron chi connectivity index (χ1n) is 7.25. The van der Waals surface area contributed by atoms with Crippen molar-refractivity contribution in [3.63, 3.8) is 0 Å². The van der Waals surface area contributed by atoms with Crippen LogP contribution in [0, 0.1) is 0 Å². The molecule has 24 heavy (non-hydrogen) atoms. The fourth-order valence-corrected chi connectivity index (χ4v) is 2.25. The van der Waals surface area contributed by atoms with Gasteiger partial charge in [0.2, 0.25) is 5.91 Å². The van der Waals surface area contributed by atoms with Crippen LogP contribution in [-0.2, 0) is 9.53 Å². The van der Waals surface area contributed by atoms with Crippen molar-refractivity contribution in [2.45, 2.75) is 6.92 Å². The first-order chi connectivity index (χ1) is 11.5. The zero-order chi connectivity index (χ0) is 17.5. The van der Waals surface area contributed by atoms with Gasteiger partial charge in [0.05, 0.1) is 29.4 Å².